The average molecular weight is 326 g/mol. The van der Waals surface area contributed by atoms with E-state index in [1.807, 2.05) is 49.4 Å². The Balaban J connectivity index is 1.69. The van der Waals surface area contributed by atoms with Crippen LogP contribution in [0.4, 0.5) is 0 Å². The molecule has 0 aliphatic carbocycles. The third-order valence-electron chi connectivity index (χ3n) is 3.63. The Labute approximate surface area is 139 Å². The van der Waals surface area contributed by atoms with E-state index < -0.39 is 0 Å². The molecule has 4 heteroatoms. The fourth-order valence-corrected chi connectivity index (χ4v) is 2.75. The second-order valence-electron chi connectivity index (χ2n) is 5.40. The van der Waals surface area contributed by atoms with Crippen molar-refractivity contribution in [3.05, 3.63) is 70.9 Å². The lowest BCUT2D eigenvalue weighted by Crippen LogP contribution is -2.09. The summed E-state index contributed by atoms with van der Waals surface area (Å²) in [6, 6.07) is 15.2. The molecule has 3 rings (SSSR count). The smallest absolute Gasteiger partial charge is 0.311 e. The molecule has 0 spiro atoms. The molecule has 2 aromatic carbocycles. The molecule has 0 saturated carbocycles. The van der Waals surface area contributed by atoms with Crippen molar-refractivity contribution in [2.75, 3.05) is 0 Å². The van der Waals surface area contributed by atoms with Gasteiger partial charge in [0.2, 0.25) is 0 Å². The number of carbonyl (C=O) groups is 1. The number of fused-ring (bicyclic) bond motifs is 1. The van der Waals surface area contributed by atoms with Crippen molar-refractivity contribution >= 4 is 28.5 Å². The number of carbonyl (C=O) groups excluding carboxylic acids is 1. The van der Waals surface area contributed by atoms with Gasteiger partial charge in [-0.25, -0.2) is 0 Å². The van der Waals surface area contributed by atoms with Crippen LogP contribution < -0.4 is 4.74 Å². The van der Waals surface area contributed by atoms with Gasteiger partial charge in [0.25, 0.3) is 0 Å². The molecule has 0 aliphatic rings. The van der Waals surface area contributed by atoms with Gasteiger partial charge in [0, 0.05) is 16.6 Å². The minimum atomic E-state index is -0.292. The first kappa shape index (κ1) is 15.5. The molecular formula is C19H16ClNO2. The van der Waals surface area contributed by atoms with Gasteiger partial charge >= 0.3 is 5.97 Å². The van der Waals surface area contributed by atoms with E-state index in [0.717, 1.165) is 16.5 Å². The molecule has 116 valence electrons. The molecule has 0 amide bonds. The van der Waals surface area contributed by atoms with Crippen LogP contribution in [-0.2, 0) is 11.2 Å². The zero-order chi connectivity index (χ0) is 16.2. The fraction of sp³-hybridized carbons (Fsp3) is 0.158. The van der Waals surface area contributed by atoms with Crippen molar-refractivity contribution in [2.45, 2.75) is 19.8 Å². The van der Waals surface area contributed by atoms with Crippen LogP contribution in [0.5, 0.6) is 5.75 Å². The highest BCUT2D eigenvalue weighted by Gasteiger charge is 2.10. The SMILES string of the molecule is Cc1ccc(CCC(=O)Oc2cccc3cccnc23)c(Cl)c1. The summed E-state index contributed by atoms with van der Waals surface area (Å²) in [6.45, 7) is 1.98. The zero-order valence-corrected chi connectivity index (χ0v) is 13.5. The van der Waals surface area contributed by atoms with Crippen LogP contribution in [-0.4, -0.2) is 11.0 Å². The molecule has 1 heterocycles. The van der Waals surface area contributed by atoms with Gasteiger partial charge in [0.05, 0.1) is 6.42 Å². The zero-order valence-electron chi connectivity index (χ0n) is 12.8. The summed E-state index contributed by atoms with van der Waals surface area (Å²) in [5, 5.41) is 1.63. The minimum absolute atomic E-state index is 0.270. The average Bonchev–Trinajstić information content (AvgIpc) is 2.54. The molecule has 0 radical (unpaired) electrons. The van der Waals surface area contributed by atoms with Crippen LogP contribution in [0, 0.1) is 6.92 Å². The van der Waals surface area contributed by atoms with Gasteiger partial charge in [-0.2, -0.15) is 0 Å². The first-order valence-corrected chi connectivity index (χ1v) is 7.81. The maximum atomic E-state index is 12.1. The molecule has 3 nitrogen and oxygen atoms in total. The predicted octanol–water partition coefficient (Wildman–Crippen LogP) is 4.73. The maximum Gasteiger partial charge on any atom is 0.311 e. The summed E-state index contributed by atoms with van der Waals surface area (Å²) in [6.07, 6.45) is 2.51. The lowest BCUT2D eigenvalue weighted by Gasteiger charge is -2.08. The van der Waals surface area contributed by atoms with Crippen LogP contribution in [0.1, 0.15) is 17.5 Å². The number of benzene rings is 2. The van der Waals surface area contributed by atoms with Gasteiger partial charge in [-0.3, -0.25) is 9.78 Å². The number of hydrogen-bond acceptors (Lipinski definition) is 3. The number of rotatable bonds is 4. The number of aromatic nitrogens is 1. The Morgan fingerprint density at radius 3 is 2.83 bits per heavy atom. The second kappa shape index (κ2) is 6.80. The van der Waals surface area contributed by atoms with Crippen LogP contribution in [0.25, 0.3) is 10.9 Å². The number of ether oxygens (including phenoxy) is 1. The Morgan fingerprint density at radius 1 is 1.17 bits per heavy atom. The molecule has 3 aromatic rings. The highest BCUT2D eigenvalue weighted by molar-refractivity contribution is 6.31. The van der Waals surface area contributed by atoms with E-state index in [4.69, 9.17) is 16.3 Å². The first-order valence-electron chi connectivity index (χ1n) is 7.43. The highest BCUT2D eigenvalue weighted by Crippen LogP contribution is 2.24. The van der Waals surface area contributed by atoms with Gasteiger partial charge in [0.1, 0.15) is 5.52 Å². The van der Waals surface area contributed by atoms with E-state index in [-0.39, 0.29) is 12.4 Å². The monoisotopic (exact) mass is 325 g/mol. The van der Waals surface area contributed by atoms with Crippen molar-refractivity contribution in [1.29, 1.82) is 0 Å². The van der Waals surface area contributed by atoms with E-state index in [2.05, 4.69) is 4.98 Å². The second-order valence-corrected chi connectivity index (χ2v) is 5.81. The third-order valence-corrected chi connectivity index (χ3v) is 3.98. The van der Waals surface area contributed by atoms with Gasteiger partial charge in [0.15, 0.2) is 5.75 Å². The van der Waals surface area contributed by atoms with Crippen molar-refractivity contribution in [2.24, 2.45) is 0 Å². The van der Waals surface area contributed by atoms with Gasteiger partial charge < -0.3 is 4.74 Å². The van der Waals surface area contributed by atoms with E-state index in [9.17, 15) is 4.79 Å². The topological polar surface area (TPSA) is 39.2 Å². The maximum absolute atomic E-state index is 12.1. The van der Waals surface area contributed by atoms with Crippen molar-refractivity contribution < 1.29 is 9.53 Å². The van der Waals surface area contributed by atoms with Gasteiger partial charge in [-0.15, -0.1) is 0 Å². The molecule has 0 bridgehead atoms. The number of aryl methyl sites for hydroxylation is 2. The molecule has 23 heavy (non-hydrogen) atoms. The number of pyridine rings is 1. The van der Waals surface area contributed by atoms with Crippen molar-refractivity contribution in [1.82, 2.24) is 4.98 Å². The molecule has 0 unspecified atom stereocenters. The van der Waals surface area contributed by atoms with E-state index in [0.29, 0.717) is 22.7 Å². The fourth-order valence-electron chi connectivity index (χ4n) is 2.42. The first-order chi connectivity index (χ1) is 11.1. The summed E-state index contributed by atoms with van der Waals surface area (Å²) in [4.78, 5) is 16.4. The molecular weight excluding hydrogens is 310 g/mol. The molecule has 0 fully saturated rings. The highest BCUT2D eigenvalue weighted by atomic mass is 35.5. The number of nitrogens with zero attached hydrogens (tertiary/aromatic N) is 1. The lowest BCUT2D eigenvalue weighted by molar-refractivity contribution is -0.134. The molecule has 0 aliphatic heterocycles. The van der Waals surface area contributed by atoms with Crippen LogP contribution >= 0.6 is 11.6 Å². The summed E-state index contributed by atoms with van der Waals surface area (Å²) in [5.41, 5.74) is 2.74. The number of esters is 1. The summed E-state index contributed by atoms with van der Waals surface area (Å²) in [5.74, 6) is 0.197. The van der Waals surface area contributed by atoms with Crippen LogP contribution in [0.3, 0.4) is 0 Å². The molecule has 1 aromatic heterocycles. The van der Waals surface area contributed by atoms with Gasteiger partial charge in [-0.05, 0) is 42.7 Å². The molecule has 0 N–H and O–H groups in total. The third kappa shape index (κ3) is 3.69. The summed E-state index contributed by atoms with van der Waals surface area (Å²) in [7, 11) is 0. The lowest BCUT2D eigenvalue weighted by atomic mass is 10.1. The standard InChI is InChI=1S/C19H16ClNO2/c1-13-7-8-14(16(20)12-13)9-10-18(22)23-17-6-2-4-15-5-3-11-21-19(15)17/h2-8,11-12H,9-10H2,1H3. The minimum Gasteiger partial charge on any atom is -0.424 e. The number of halogens is 1. The number of hydrogen-bond donors (Lipinski definition) is 0. The Kier molecular flexibility index (Phi) is 4.58. The largest absolute Gasteiger partial charge is 0.424 e. The quantitative estimate of drug-likeness (QED) is 0.514. The van der Waals surface area contributed by atoms with Crippen molar-refractivity contribution in [3.63, 3.8) is 0 Å². The Bertz CT molecular complexity index is 856. The number of para-hydroxylation sites is 1. The normalized spacial score (nSPS) is 10.7. The summed E-state index contributed by atoms with van der Waals surface area (Å²) < 4.78 is 5.47. The molecule has 0 atom stereocenters. The van der Waals surface area contributed by atoms with Crippen LogP contribution in [0.15, 0.2) is 54.7 Å². The predicted molar refractivity (Wildman–Crippen MR) is 91.9 cm³/mol. The van der Waals surface area contributed by atoms with Gasteiger partial charge in [-0.1, -0.05) is 41.9 Å². The van der Waals surface area contributed by atoms with E-state index in [1.54, 1.807) is 12.3 Å². The van der Waals surface area contributed by atoms with E-state index >= 15 is 0 Å². The Hall–Kier alpha value is -2.39. The Morgan fingerprint density at radius 2 is 2.00 bits per heavy atom. The molecule has 0 saturated heterocycles. The van der Waals surface area contributed by atoms with Crippen LogP contribution in [0.2, 0.25) is 5.02 Å². The van der Waals surface area contributed by atoms with E-state index in [1.165, 1.54) is 0 Å². The summed E-state index contributed by atoms with van der Waals surface area (Å²) >= 11 is 6.19. The van der Waals surface area contributed by atoms with Crippen molar-refractivity contribution in [3.8, 4) is 5.75 Å².